The number of benzene rings is 1. The van der Waals surface area contributed by atoms with E-state index in [4.69, 9.17) is 21.4 Å². The molecule has 0 bridgehead atoms. The van der Waals surface area contributed by atoms with Gasteiger partial charge in [0.1, 0.15) is 5.75 Å². The zero-order chi connectivity index (χ0) is 12.3. The van der Waals surface area contributed by atoms with Crippen LogP contribution in [0.2, 0.25) is 5.02 Å². The highest BCUT2D eigenvalue weighted by Gasteiger charge is 2.32. The Labute approximate surface area is 95.6 Å². The fraction of sp³-hybridized carbons (Fsp3) is 0.400. The summed E-state index contributed by atoms with van der Waals surface area (Å²) in [5, 5.41) is 8.70. The first-order valence-corrected chi connectivity index (χ1v) is 4.82. The van der Waals surface area contributed by atoms with Crippen LogP contribution in [0, 0.1) is 0 Å². The van der Waals surface area contributed by atoms with Gasteiger partial charge in [0.05, 0.1) is 12.7 Å². The molecule has 0 atom stereocenters. The van der Waals surface area contributed by atoms with Crippen LogP contribution in [0.3, 0.4) is 0 Å². The minimum atomic E-state index is -4.46. The van der Waals surface area contributed by atoms with Crippen molar-refractivity contribution in [2.75, 3.05) is 13.7 Å². The van der Waals surface area contributed by atoms with E-state index in [-0.39, 0.29) is 23.8 Å². The number of halogens is 4. The van der Waals surface area contributed by atoms with Crippen molar-refractivity contribution in [1.82, 2.24) is 0 Å². The van der Waals surface area contributed by atoms with Crippen molar-refractivity contribution in [3.63, 3.8) is 0 Å². The summed E-state index contributed by atoms with van der Waals surface area (Å²) in [5.41, 5.74) is -0.490. The van der Waals surface area contributed by atoms with Gasteiger partial charge in [-0.25, -0.2) is 0 Å². The van der Waals surface area contributed by atoms with E-state index in [2.05, 4.69) is 0 Å². The van der Waals surface area contributed by atoms with Crippen molar-refractivity contribution in [2.45, 2.75) is 12.6 Å². The van der Waals surface area contributed by atoms with Crippen LogP contribution < -0.4 is 4.74 Å². The van der Waals surface area contributed by atoms with Gasteiger partial charge in [-0.05, 0) is 12.1 Å². The van der Waals surface area contributed by atoms with Gasteiger partial charge in [-0.2, -0.15) is 13.2 Å². The van der Waals surface area contributed by atoms with Gasteiger partial charge in [0.25, 0.3) is 0 Å². The fourth-order valence-corrected chi connectivity index (χ4v) is 1.62. The van der Waals surface area contributed by atoms with Gasteiger partial charge >= 0.3 is 6.18 Å². The number of rotatable bonds is 3. The Bertz CT molecular complexity index is 377. The summed E-state index contributed by atoms with van der Waals surface area (Å²) >= 11 is 5.71. The lowest BCUT2D eigenvalue weighted by Crippen LogP contribution is -2.07. The average Bonchev–Trinajstić information content (AvgIpc) is 2.19. The molecule has 1 aromatic rings. The minimum absolute atomic E-state index is 0.0360. The van der Waals surface area contributed by atoms with E-state index in [1.165, 1.54) is 7.11 Å². The Hall–Kier alpha value is -0.940. The number of hydrogen-bond acceptors (Lipinski definition) is 2. The van der Waals surface area contributed by atoms with E-state index in [1.807, 2.05) is 0 Å². The van der Waals surface area contributed by atoms with Crippen LogP contribution in [-0.4, -0.2) is 18.8 Å². The third kappa shape index (κ3) is 2.80. The molecule has 0 aliphatic carbocycles. The zero-order valence-electron chi connectivity index (χ0n) is 8.44. The Morgan fingerprint density at radius 3 is 2.44 bits per heavy atom. The number of hydrogen-bond donors (Lipinski definition) is 1. The van der Waals surface area contributed by atoms with Crippen molar-refractivity contribution in [1.29, 1.82) is 0 Å². The Morgan fingerprint density at radius 2 is 2.00 bits per heavy atom. The lowest BCUT2D eigenvalue weighted by atomic mass is 10.1. The number of alkyl halides is 3. The highest BCUT2D eigenvalue weighted by atomic mass is 35.5. The molecule has 1 rings (SSSR count). The summed E-state index contributed by atoms with van der Waals surface area (Å²) in [6, 6.07) is 1.70. The topological polar surface area (TPSA) is 29.5 Å². The molecular formula is C10H10ClF3O2. The van der Waals surface area contributed by atoms with E-state index < -0.39 is 11.7 Å². The molecule has 6 heteroatoms. The first-order valence-electron chi connectivity index (χ1n) is 4.44. The van der Waals surface area contributed by atoms with Crippen LogP contribution in [0.5, 0.6) is 5.75 Å². The van der Waals surface area contributed by atoms with Crippen LogP contribution in [0.15, 0.2) is 12.1 Å². The second kappa shape index (κ2) is 4.93. The van der Waals surface area contributed by atoms with Gasteiger partial charge in [-0.15, -0.1) is 0 Å². The molecule has 0 radical (unpaired) electrons. The predicted octanol–water partition coefficient (Wildman–Crippen LogP) is 2.90. The van der Waals surface area contributed by atoms with E-state index in [1.54, 1.807) is 0 Å². The highest BCUT2D eigenvalue weighted by molar-refractivity contribution is 6.31. The minimum Gasteiger partial charge on any atom is -0.496 e. The van der Waals surface area contributed by atoms with Gasteiger partial charge in [0, 0.05) is 23.6 Å². The normalized spacial score (nSPS) is 11.6. The fourth-order valence-electron chi connectivity index (χ4n) is 1.31. The number of aliphatic hydroxyl groups excluding tert-OH is 1. The predicted molar refractivity (Wildman–Crippen MR) is 53.8 cm³/mol. The third-order valence-electron chi connectivity index (χ3n) is 2.06. The Morgan fingerprint density at radius 1 is 1.38 bits per heavy atom. The van der Waals surface area contributed by atoms with Crippen molar-refractivity contribution in [3.8, 4) is 5.75 Å². The third-order valence-corrected chi connectivity index (χ3v) is 2.40. The SMILES string of the molecule is COc1cc(C(F)(F)F)cc(Cl)c1CCO. The molecule has 0 spiro atoms. The van der Waals surface area contributed by atoms with Gasteiger partial charge in [0.15, 0.2) is 0 Å². The molecule has 0 aromatic heterocycles. The number of aliphatic hydroxyl groups is 1. The van der Waals surface area contributed by atoms with E-state index in [0.717, 1.165) is 12.1 Å². The van der Waals surface area contributed by atoms with Crippen molar-refractivity contribution >= 4 is 11.6 Å². The molecule has 0 fully saturated rings. The van der Waals surface area contributed by atoms with Gasteiger partial charge in [-0.3, -0.25) is 0 Å². The molecule has 0 aliphatic rings. The van der Waals surface area contributed by atoms with Gasteiger partial charge in [-0.1, -0.05) is 11.6 Å². The van der Waals surface area contributed by atoms with Crippen molar-refractivity contribution in [3.05, 3.63) is 28.3 Å². The molecule has 1 N–H and O–H groups in total. The molecule has 0 heterocycles. The highest BCUT2D eigenvalue weighted by Crippen LogP contribution is 2.37. The first-order chi connectivity index (χ1) is 7.40. The molecule has 0 saturated carbocycles. The molecule has 16 heavy (non-hydrogen) atoms. The van der Waals surface area contributed by atoms with Gasteiger partial charge in [0.2, 0.25) is 0 Å². The van der Waals surface area contributed by atoms with Crippen LogP contribution in [0.1, 0.15) is 11.1 Å². The van der Waals surface area contributed by atoms with Crippen LogP contribution in [0.25, 0.3) is 0 Å². The van der Waals surface area contributed by atoms with Crippen LogP contribution >= 0.6 is 11.6 Å². The van der Waals surface area contributed by atoms with Crippen molar-refractivity contribution < 1.29 is 23.0 Å². The second-order valence-electron chi connectivity index (χ2n) is 3.11. The summed E-state index contributed by atoms with van der Waals surface area (Å²) in [6.07, 6.45) is -4.31. The maximum absolute atomic E-state index is 12.4. The Kier molecular flexibility index (Phi) is 4.04. The number of methoxy groups -OCH3 is 1. The zero-order valence-corrected chi connectivity index (χ0v) is 9.19. The van der Waals surface area contributed by atoms with E-state index in [9.17, 15) is 13.2 Å². The molecular weight excluding hydrogens is 245 g/mol. The van der Waals surface area contributed by atoms with Crippen molar-refractivity contribution in [2.24, 2.45) is 0 Å². The monoisotopic (exact) mass is 254 g/mol. The van der Waals surface area contributed by atoms with Gasteiger partial charge < -0.3 is 9.84 Å². The standard InChI is InChI=1S/C10H10ClF3O2/c1-16-9-5-6(10(12,13)14)4-8(11)7(9)2-3-15/h4-5,15H,2-3H2,1H3. The summed E-state index contributed by atoms with van der Waals surface area (Å²) in [5.74, 6) is 0.0360. The maximum atomic E-state index is 12.4. The second-order valence-corrected chi connectivity index (χ2v) is 3.52. The molecule has 1 aromatic carbocycles. The smallest absolute Gasteiger partial charge is 0.416 e. The maximum Gasteiger partial charge on any atom is 0.416 e. The summed E-state index contributed by atoms with van der Waals surface area (Å²) < 4.78 is 42.1. The molecule has 0 aliphatic heterocycles. The number of ether oxygens (including phenoxy) is 1. The molecule has 0 amide bonds. The molecule has 0 saturated heterocycles. The summed E-state index contributed by atoms with van der Waals surface area (Å²) in [7, 11) is 1.26. The molecule has 90 valence electrons. The average molecular weight is 255 g/mol. The van der Waals surface area contributed by atoms with E-state index >= 15 is 0 Å². The lowest BCUT2D eigenvalue weighted by Gasteiger charge is -2.13. The summed E-state index contributed by atoms with van der Waals surface area (Å²) in [4.78, 5) is 0. The summed E-state index contributed by atoms with van der Waals surface area (Å²) in [6.45, 7) is -0.207. The quantitative estimate of drug-likeness (QED) is 0.899. The largest absolute Gasteiger partial charge is 0.496 e. The first kappa shape index (κ1) is 13.1. The van der Waals surface area contributed by atoms with E-state index in [0.29, 0.717) is 5.56 Å². The van der Waals surface area contributed by atoms with Crippen LogP contribution in [0.4, 0.5) is 13.2 Å². The van der Waals surface area contributed by atoms with Crippen LogP contribution in [-0.2, 0) is 12.6 Å². The Balaban J connectivity index is 3.26. The molecule has 0 unspecified atom stereocenters. The molecule has 2 nitrogen and oxygen atoms in total. The lowest BCUT2D eigenvalue weighted by molar-refractivity contribution is -0.137.